The lowest BCUT2D eigenvalue weighted by molar-refractivity contribution is -0.117. The van der Waals surface area contributed by atoms with Crippen molar-refractivity contribution in [3.8, 4) is 17.0 Å². The van der Waals surface area contributed by atoms with Crippen LogP contribution in [0, 0.1) is 5.82 Å². The highest BCUT2D eigenvalue weighted by molar-refractivity contribution is 5.96. The van der Waals surface area contributed by atoms with Crippen molar-refractivity contribution in [3.05, 3.63) is 54.6 Å². The number of anilines is 4. The van der Waals surface area contributed by atoms with Crippen molar-refractivity contribution in [3.63, 3.8) is 0 Å². The Morgan fingerprint density at radius 2 is 1.82 bits per heavy atom. The minimum Gasteiger partial charge on any atom is -0.474 e. The molecule has 34 heavy (non-hydrogen) atoms. The fraction of sp³-hybridized carbons (Fsp3) is 0.250. The molecule has 0 radical (unpaired) electrons. The number of cyclic esters (lactones) is 1. The molecular weight excluding hydrogens is 441 g/mol. The molecule has 0 aliphatic carbocycles. The van der Waals surface area contributed by atoms with E-state index >= 15 is 0 Å². The minimum absolute atomic E-state index is 0.0517. The molecule has 3 aliphatic rings. The van der Waals surface area contributed by atoms with E-state index in [1.54, 1.807) is 41.6 Å². The number of carbonyl (C=O) groups excluding carboxylic acids is 2. The van der Waals surface area contributed by atoms with Crippen molar-refractivity contribution in [1.82, 2.24) is 9.97 Å². The number of pyridine rings is 2. The molecule has 2 amide bonds. The third kappa shape index (κ3) is 3.47. The summed E-state index contributed by atoms with van der Waals surface area (Å²) in [5.74, 6) is 0.452. The number of aromatic nitrogens is 2. The summed E-state index contributed by atoms with van der Waals surface area (Å²) in [6, 6.07) is 10.0. The van der Waals surface area contributed by atoms with Gasteiger partial charge in [0.1, 0.15) is 36.6 Å². The number of hydrogen-bond acceptors (Lipinski definition) is 7. The summed E-state index contributed by atoms with van der Waals surface area (Å²) in [5, 5.41) is 3.16. The molecule has 1 N–H and O–H groups in total. The van der Waals surface area contributed by atoms with Gasteiger partial charge in [0.05, 0.1) is 17.6 Å². The Labute approximate surface area is 194 Å². The predicted molar refractivity (Wildman–Crippen MR) is 122 cm³/mol. The Hall–Kier alpha value is -4.21. The molecule has 9 nitrogen and oxygen atoms in total. The number of halogens is 1. The first kappa shape index (κ1) is 20.4. The van der Waals surface area contributed by atoms with Crippen LogP contribution in [-0.4, -0.2) is 47.8 Å². The highest BCUT2D eigenvalue weighted by Gasteiger charge is 2.40. The molecule has 2 saturated heterocycles. The van der Waals surface area contributed by atoms with E-state index in [-0.39, 0.29) is 18.6 Å². The molecule has 0 spiro atoms. The highest BCUT2D eigenvalue weighted by Crippen LogP contribution is 2.37. The zero-order chi connectivity index (χ0) is 23.2. The normalized spacial score (nSPS) is 18.9. The number of ether oxygens (including phenoxy) is 2. The number of nitrogens with one attached hydrogen (secondary N) is 1. The van der Waals surface area contributed by atoms with E-state index in [4.69, 9.17) is 9.47 Å². The van der Waals surface area contributed by atoms with Gasteiger partial charge in [-0.05, 0) is 42.3 Å². The molecule has 0 saturated carbocycles. The van der Waals surface area contributed by atoms with Crippen LogP contribution in [0.1, 0.15) is 12.8 Å². The predicted octanol–water partition coefficient (Wildman–Crippen LogP) is 3.87. The van der Waals surface area contributed by atoms with Crippen LogP contribution in [0.25, 0.3) is 11.1 Å². The average molecular weight is 461 g/mol. The van der Waals surface area contributed by atoms with E-state index in [2.05, 4.69) is 15.3 Å². The van der Waals surface area contributed by atoms with E-state index in [1.165, 1.54) is 11.0 Å². The molecule has 6 rings (SSSR count). The van der Waals surface area contributed by atoms with Crippen molar-refractivity contribution in [2.45, 2.75) is 18.9 Å². The van der Waals surface area contributed by atoms with Gasteiger partial charge < -0.3 is 19.7 Å². The standard InChI is InChI=1S/C24H20FN5O4/c25-18-8-14(3-5-19(18)29-7-1-2-22(29)31)15-4-6-21(26-10-15)28-16-9-20-23(27-11-16)33-12-17-13-34-24(32)30(17)20/h3-6,8-11,17H,1-2,7,12-13H2,(H,26,28)/t17-/m1/s1. The van der Waals surface area contributed by atoms with Gasteiger partial charge in [-0.25, -0.2) is 19.2 Å². The van der Waals surface area contributed by atoms with Gasteiger partial charge in [-0.3, -0.25) is 9.69 Å². The first-order chi connectivity index (χ1) is 16.6. The van der Waals surface area contributed by atoms with Gasteiger partial charge in [-0.1, -0.05) is 6.07 Å². The van der Waals surface area contributed by atoms with Crippen molar-refractivity contribution < 1.29 is 23.5 Å². The van der Waals surface area contributed by atoms with Gasteiger partial charge in [0.2, 0.25) is 11.8 Å². The maximum atomic E-state index is 14.7. The van der Waals surface area contributed by atoms with E-state index in [0.29, 0.717) is 53.9 Å². The van der Waals surface area contributed by atoms with Crippen molar-refractivity contribution >= 4 is 34.9 Å². The quantitative estimate of drug-likeness (QED) is 0.630. The Bertz CT molecular complexity index is 1300. The summed E-state index contributed by atoms with van der Waals surface area (Å²) in [6.45, 7) is 1.17. The zero-order valence-electron chi connectivity index (χ0n) is 18.0. The van der Waals surface area contributed by atoms with Crippen molar-refractivity contribution in [2.24, 2.45) is 0 Å². The van der Waals surface area contributed by atoms with Gasteiger partial charge in [-0.2, -0.15) is 0 Å². The molecule has 1 aromatic carbocycles. The number of nitrogens with zero attached hydrogens (tertiary/aromatic N) is 4. The summed E-state index contributed by atoms with van der Waals surface area (Å²) < 4.78 is 25.5. The number of carbonyl (C=O) groups is 2. The first-order valence-electron chi connectivity index (χ1n) is 11.0. The second-order valence-electron chi connectivity index (χ2n) is 8.33. The molecule has 172 valence electrons. The van der Waals surface area contributed by atoms with Gasteiger partial charge >= 0.3 is 6.09 Å². The van der Waals surface area contributed by atoms with Gasteiger partial charge in [0.25, 0.3) is 0 Å². The highest BCUT2D eigenvalue weighted by atomic mass is 19.1. The summed E-state index contributed by atoms with van der Waals surface area (Å²) in [5.41, 5.74) is 2.90. The molecule has 0 bridgehead atoms. The first-order valence-corrected chi connectivity index (χ1v) is 11.0. The number of hydrogen-bond donors (Lipinski definition) is 1. The number of fused-ring (bicyclic) bond motifs is 3. The lowest BCUT2D eigenvalue weighted by Crippen LogP contribution is -2.41. The van der Waals surface area contributed by atoms with E-state index < -0.39 is 11.9 Å². The number of amides is 2. The molecule has 3 aliphatic heterocycles. The summed E-state index contributed by atoms with van der Waals surface area (Å²) in [4.78, 5) is 35.8. The van der Waals surface area contributed by atoms with Gasteiger partial charge in [0.15, 0.2) is 0 Å². The molecular formula is C24H20FN5O4. The Balaban J connectivity index is 1.20. The largest absolute Gasteiger partial charge is 0.474 e. The molecule has 3 aromatic rings. The summed E-state index contributed by atoms with van der Waals surface area (Å²) in [6.07, 6.45) is 4.02. The van der Waals surface area contributed by atoms with Crippen molar-refractivity contribution in [1.29, 1.82) is 0 Å². The topological polar surface area (TPSA) is 96.9 Å². The lowest BCUT2D eigenvalue weighted by Gasteiger charge is -2.28. The van der Waals surface area contributed by atoms with E-state index in [1.807, 2.05) is 6.07 Å². The molecule has 1 atom stereocenters. The van der Waals surface area contributed by atoms with Gasteiger partial charge in [-0.15, -0.1) is 0 Å². The Morgan fingerprint density at radius 3 is 2.59 bits per heavy atom. The van der Waals surface area contributed by atoms with Crippen LogP contribution in [0.5, 0.6) is 5.88 Å². The smallest absolute Gasteiger partial charge is 0.415 e. The van der Waals surface area contributed by atoms with Gasteiger partial charge in [0, 0.05) is 24.7 Å². The molecule has 5 heterocycles. The Morgan fingerprint density at radius 1 is 0.971 bits per heavy atom. The van der Waals surface area contributed by atoms with Crippen LogP contribution < -0.4 is 19.9 Å². The maximum Gasteiger partial charge on any atom is 0.415 e. The van der Waals surface area contributed by atoms with E-state index in [0.717, 1.165) is 12.0 Å². The Kier molecular flexibility index (Phi) is 4.79. The number of benzene rings is 1. The lowest BCUT2D eigenvalue weighted by atomic mass is 10.1. The second kappa shape index (κ2) is 7.98. The van der Waals surface area contributed by atoms with E-state index in [9.17, 15) is 14.0 Å². The maximum absolute atomic E-state index is 14.7. The fourth-order valence-electron chi connectivity index (χ4n) is 4.44. The zero-order valence-corrected chi connectivity index (χ0v) is 18.0. The molecule has 0 unspecified atom stereocenters. The minimum atomic E-state index is -0.434. The van der Waals surface area contributed by atoms with Crippen LogP contribution in [0.4, 0.5) is 32.1 Å². The average Bonchev–Trinajstić information content (AvgIpc) is 3.45. The van der Waals surface area contributed by atoms with Crippen LogP contribution in [0.2, 0.25) is 0 Å². The third-order valence-corrected chi connectivity index (χ3v) is 6.15. The van der Waals surface area contributed by atoms with Crippen LogP contribution in [0.3, 0.4) is 0 Å². The van der Waals surface area contributed by atoms with Crippen LogP contribution >= 0.6 is 0 Å². The third-order valence-electron chi connectivity index (χ3n) is 6.15. The SMILES string of the molecule is O=C1CCCN1c1ccc(-c2ccc(Nc3cnc4c(c3)N3C(=O)OC[C@H]3CO4)nc2)cc1F. The second-order valence-corrected chi connectivity index (χ2v) is 8.33. The fourth-order valence-corrected chi connectivity index (χ4v) is 4.44. The molecule has 2 aromatic heterocycles. The summed E-state index contributed by atoms with van der Waals surface area (Å²) in [7, 11) is 0. The number of rotatable bonds is 4. The van der Waals surface area contributed by atoms with Crippen LogP contribution in [0.15, 0.2) is 48.8 Å². The monoisotopic (exact) mass is 461 g/mol. The van der Waals surface area contributed by atoms with Crippen molar-refractivity contribution in [2.75, 3.05) is 34.9 Å². The molecule has 2 fully saturated rings. The van der Waals surface area contributed by atoms with Crippen LogP contribution in [-0.2, 0) is 9.53 Å². The molecule has 10 heteroatoms. The summed E-state index contributed by atoms with van der Waals surface area (Å²) >= 11 is 0.